The molecule has 1 aliphatic heterocycles. The van der Waals surface area contributed by atoms with Gasteiger partial charge in [-0.05, 0) is 24.3 Å². The molecule has 2 amide bonds. The molecule has 0 aromatic heterocycles. The zero-order valence-electron chi connectivity index (χ0n) is 10.8. The van der Waals surface area contributed by atoms with E-state index in [0.717, 1.165) is 17.0 Å². The second-order valence-electron chi connectivity index (χ2n) is 4.55. The van der Waals surface area contributed by atoms with E-state index in [1.807, 2.05) is 0 Å². The number of carbonyl (C=O) groups is 2. The second-order valence-corrected chi connectivity index (χ2v) is 4.55. The largest absolute Gasteiger partial charge is 0.323 e. The van der Waals surface area contributed by atoms with E-state index in [2.05, 4.69) is 5.32 Å². The lowest BCUT2D eigenvalue weighted by Gasteiger charge is -2.29. The average molecular weight is 288 g/mol. The Bertz CT molecular complexity index is 726. The van der Waals surface area contributed by atoms with E-state index in [1.165, 1.54) is 6.07 Å². The molecule has 2 aromatic carbocycles. The highest BCUT2D eigenvalue weighted by Crippen LogP contribution is 2.30. The number of para-hydroxylation sites is 2. The van der Waals surface area contributed by atoms with E-state index < -0.39 is 29.0 Å². The van der Waals surface area contributed by atoms with Gasteiger partial charge in [0.1, 0.15) is 23.7 Å². The van der Waals surface area contributed by atoms with Crippen molar-refractivity contribution in [3.05, 3.63) is 59.7 Å². The van der Waals surface area contributed by atoms with Crippen LogP contribution in [0.25, 0.3) is 0 Å². The number of hydrogen-bond acceptors (Lipinski definition) is 2. The van der Waals surface area contributed by atoms with E-state index in [4.69, 9.17) is 0 Å². The van der Waals surface area contributed by atoms with Gasteiger partial charge in [-0.15, -0.1) is 0 Å². The van der Waals surface area contributed by atoms with Crippen LogP contribution >= 0.6 is 0 Å². The van der Waals surface area contributed by atoms with Crippen LogP contribution in [0.5, 0.6) is 0 Å². The summed E-state index contributed by atoms with van der Waals surface area (Å²) < 4.78 is 27.5. The predicted octanol–water partition coefficient (Wildman–Crippen LogP) is 2.56. The summed E-state index contributed by atoms with van der Waals surface area (Å²) in [5.74, 6) is -3.21. The zero-order valence-corrected chi connectivity index (χ0v) is 10.8. The number of hydrogen-bond donors (Lipinski definition) is 1. The van der Waals surface area contributed by atoms with Crippen LogP contribution in [0.4, 0.5) is 20.2 Å². The van der Waals surface area contributed by atoms with Crippen LogP contribution < -0.4 is 10.2 Å². The number of nitrogens with one attached hydrogen (secondary N) is 1. The van der Waals surface area contributed by atoms with Crippen LogP contribution in [-0.4, -0.2) is 18.4 Å². The fourth-order valence-electron chi connectivity index (χ4n) is 2.25. The first-order valence-electron chi connectivity index (χ1n) is 6.22. The molecule has 1 heterocycles. The van der Waals surface area contributed by atoms with Crippen molar-refractivity contribution in [1.29, 1.82) is 0 Å². The van der Waals surface area contributed by atoms with Gasteiger partial charge in [-0.25, -0.2) is 8.78 Å². The van der Waals surface area contributed by atoms with Crippen molar-refractivity contribution in [3.8, 4) is 0 Å². The molecule has 0 radical (unpaired) electrons. The minimum Gasteiger partial charge on any atom is -0.323 e. The zero-order chi connectivity index (χ0) is 15.0. The lowest BCUT2D eigenvalue weighted by atomic mass is 10.1. The Morgan fingerprint density at radius 1 is 1.05 bits per heavy atom. The van der Waals surface area contributed by atoms with Gasteiger partial charge in [0, 0.05) is 0 Å². The summed E-state index contributed by atoms with van der Waals surface area (Å²) in [4.78, 5) is 25.1. The van der Waals surface area contributed by atoms with Gasteiger partial charge in [-0.3, -0.25) is 14.5 Å². The predicted molar refractivity (Wildman–Crippen MR) is 73.1 cm³/mol. The molecule has 6 heteroatoms. The normalized spacial score (nSPS) is 13.6. The first-order chi connectivity index (χ1) is 10.1. The summed E-state index contributed by atoms with van der Waals surface area (Å²) in [5.41, 5.74) is 0.172. The Hall–Kier alpha value is -2.76. The highest BCUT2D eigenvalue weighted by Gasteiger charge is 2.30. The van der Waals surface area contributed by atoms with Gasteiger partial charge >= 0.3 is 0 Å². The topological polar surface area (TPSA) is 49.4 Å². The molecular weight excluding hydrogens is 278 g/mol. The lowest BCUT2D eigenvalue weighted by molar-refractivity contribution is -0.115. The number of carbonyl (C=O) groups excluding carboxylic acids is 2. The molecule has 4 nitrogen and oxygen atoms in total. The molecule has 1 N–H and O–H groups in total. The Labute approximate surface area is 119 Å². The van der Waals surface area contributed by atoms with Gasteiger partial charge in [0.25, 0.3) is 5.91 Å². The van der Waals surface area contributed by atoms with Gasteiger partial charge in [-0.2, -0.15) is 0 Å². The van der Waals surface area contributed by atoms with Crippen molar-refractivity contribution in [2.75, 3.05) is 16.8 Å². The van der Waals surface area contributed by atoms with Gasteiger partial charge in [-0.1, -0.05) is 18.2 Å². The molecule has 0 atom stereocenters. The molecule has 0 spiro atoms. The van der Waals surface area contributed by atoms with Crippen LogP contribution in [0, 0.1) is 11.6 Å². The first-order valence-corrected chi connectivity index (χ1v) is 6.22. The van der Waals surface area contributed by atoms with Crippen LogP contribution in [0.1, 0.15) is 10.4 Å². The number of amides is 2. The molecular formula is C15H10F2N2O2. The Kier molecular flexibility index (Phi) is 3.13. The number of halogens is 2. The molecule has 3 rings (SSSR count). The summed E-state index contributed by atoms with van der Waals surface area (Å²) in [6.45, 7) is -0.288. The van der Waals surface area contributed by atoms with E-state index in [0.29, 0.717) is 11.4 Å². The summed E-state index contributed by atoms with van der Waals surface area (Å²) >= 11 is 0. The smallest absolute Gasteiger partial charge is 0.264 e. The van der Waals surface area contributed by atoms with Crippen molar-refractivity contribution < 1.29 is 18.4 Å². The standard InChI is InChI=1S/C15H10F2N2O2/c16-9-4-3-5-10(17)14(9)15(21)19-8-13(20)18-11-6-1-2-7-12(11)19/h1-7H,8H2,(H,18,20). The molecule has 0 bridgehead atoms. The number of benzene rings is 2. The number of fused-ring (bicyclic) bond motifs is 1. The minimum absolute atomic E-state index is 0.288. The fourth-order valence-corrected chi connectivity index (χ4v) is 2.25. The third-order valence-electron chi connectivity index (χ3n) is 3.19. The third-order valence-corrected chi connectivity index (χ3v) is 3.19. The maximum atomic E-state index is 13.7. The lowest BCUT2D eigenvalue weighted by Crippen LogP contribution is -2.42. The average Bonchev–Trinajstić information content (AvgIpc) is 2.46. The van der Waals surface area contributed by atoms with Crippen LogP contribution in [-0.2, 0) is 4.79 Å². The van der Waals surface area contributed by atoms with Crippen LogP contribution in [0.3, 0.4) is 0 Å². The fraction of sp³-hybridized carbons (Fsp3) is 0.0667. The van der Waals surface area contributed by atoms with Crippen LogP contribution in [0.15, 0.2) is 42.5 Å². The molecule has 21 heavy (non-hydrogen) atoms. The van der Waals surface area contributed by atoms with Gasteiger partial charge in [0.05, 0.1) is 11.4 Å². The molecule has 1 aliphatic rings. The third kappa shape index (κ3) is 2.24. The first kappa shape index (κ1) is 13.2. The summed E-state index contributed by atoms with van der Waals surface area (Å²) in [7, 11) is 0. The molecule has 0 aliphatic carbocycles. The Morgan fingerprint density at radius 3 is 2.43 bits per heavy atom. The molecule has 2 aromatic rings. The monoisotopic (exact) mass is 288 g/mol. The SMILES string of the molecule is O=C1CN(C(=O)c2c(F)cccc2F)c2ccccc2N1. The molecule has 0 unspecified atom stereocenters. The molecule has 0 fully saturated rings. The second kappa shape index (κ2) is 4.97. The van der Waals surface area contributed by atoms with Gasteiger partial charge in [0.2, 0.25) is 5.91 Å². The number of nitrogens with zero attached hydrogens (tertiary/aromatic N) is 1. The van der Waals surface area contributed by atoms with Gasteiger partial charge in [0.15, 0.2) is 0 Å². The van der Waals surface area contributed by atoms with E-state index in [9.17, 15) is 18.4 Å². The number of anilines is 2. The molecule has 106 valence electrons. The summed E-state index contributed by atoms with van der Waals surface area (Å²) in [5, 5.41) is 2.61. The Balaban J connectivity index is 2.09. The van der Waals surface area contributed by atoms with Crippen molar-refractivity contribution in [2.45, 2.75) is 0 Å². The summed E-state index contributed by atoms with van der Waals surface area (Å²) in [6, 6.07) is 9.78. The molecule has 0 saturated carbocycles. The van der Waals surface area contributed by atoms with E-state index >= 15 is 0 Å². The quantitative estimate of drug-likeness (QED) is 0.876. The van der Waals surface area contributed by atoms with Crippen molar-refractivity contribution in [1.82, 2.24) is 0 Å². The van der Waals surface area contributed by atoms with E-state index in [1.54, 1.807) is 24.3 Å². The maximum absolute atomic E-state index is 13.7. The van der Waals surface area contributed by atoms with Crippen molar-refractivity contribution in [3.63, 3.8) is 0 Å². The minimum atomic E-state index is -0.955. The van der Waals surface area contributed by atoms with Crippen molar-refractivity contribution in [2.24, 2.45) is 0 Å². The number of rotatable bonds is 1. The van der Waals surface area contributed by atoms with Gasteiger partial charge < -0.3 is 5.32 Å². The van der Waals surface area contributed by atoms with Crippen molar-refractivity contribution >= 4 is 23.2 Å². The molecule has 0 saturated heterocycles. The summed E-state index contributed by atoms with van der Waals surface area (Å²) in [6.07, 6.45) is 0. The Morgan fingerprint density at radius 2 is 1.71 bits per heavy atom. The highest BCUT2D eigenvalue weighted by atomic mass is 19.1. The van der Waals surface area contributed by atoms with Crippen LogP contribution in [0.2, 0.25) is 0 Å². The highest BCUT2D eigenvalue weighted by molar-refractivity contribution is 6.15. The maximum Gasteiger partial charge on any atom is 0.264 e. The van der Waals surface area contributed by atoms with E-state index in [-0.39, 0.29) is 6.54 Å².